The Hall–Kier alpha value is 1.08. The molecule has 0 fully saturated rings. The Kier molecular flexibility index (Phi) is 87.7. The molecule has 0 rings (SSSR count). The molecule has 0 aliphatic rings. The van der Waals surface area contributed by atoms with E-state index in [-0.39, 0.29) is 26.4 Å². The van der Waals surface area contributed by atoms with Crippen LogP contribution in [0, 0.1) is 23.7 Å². The molecule has 0 aliphatic carbocycles. The van der Waals surface area contributed by atoms with E-state index in [2.05, 4.69) is 96.9 Å². The van der Waals surface area contributed by atoms with Crippen molar-refractivity contribution in [3.8, 4) is 0 Å². The molecule has 0 aliphatic heterocycles. The molecule has 630 valence electrons. The largest absolute Gasteiger partial charge is 0.756 e. The van der Waals surface area contributed by atoms with Crippen molar-refractivity contribution in [1.82, 2.24) is 0 Å². The third-order valence-corrected chi connectivity index (χ3v) is 35.5. The Labute approximate surface area is 657 Å². The van der Waals surface area contributed by atoms with Crippen molar-refractivity contribution in [2.75, 3.05) is 75.7 Å². The molecule has 0 saturated heterocycles. The minimum Gasteiger partial charge on any atom is -0.756 e. The number of phosphoric ester groups is 2. The second-order valence-corrected chi connectivity index (χ2v) is 45.1. The summed E-state index contributed by atoms with van der Waals surface area (Å²) >= 11 is 0. The van der Waals surface area contributed by atoms with Gasteiger partial charge in [0, 0.05) is 14.5 Å². The van der Waals surface area contributed by atoms with Crippen LogP contribution in [-0.4, -0.2) is 75.7 Å². The second-order valence-electron chi connectivity index (χ2n) is 33.4. The molecule has 8 nitrogen and oxygen atoms in total. The highest BCUT2D eigenvalue weighted by molar-refractivity contribution is 7.76. The average molecular weight is 1550 g/mol. The van der Waals surface area contributed by atoms with Crippen LogP contribution in [0.1, 0.15) is 495 Å². The van der Waals surface area contributed by atoms with Gasteiger partial charge in [-0.05, 0) is 152 Å². The Balaban J connectivity index is -0.00000195. The van der Waals surface area contributed by atoms with Crippen LogP contribution in [0.15, 0.2) is 0 Å². The van der Waals surface area contributed by atoms with Gasteiger partial charge in [0.1, 0.15) is 0 Å². The highest BCUT2D eigenvalue weighted by atomic mass is 31.2. The maximum Gasteiger partial charge on any atom is 0.267 e. The summed E-state index contributed by atoms with van der Waals surface area (Å²) in [5, 5.41) is 0. The van der Waals surface area contributed by atoms with E-state index < -0.39 is 30.2 Å². The Morgan fingerprint density at radius 3 is 0.452 bits per heavy atom. The summed E-state index contributed by atoms with van der Waals surface area (Å²) in [6, 6.07) is 0. The molecule has 0 saturated carbocycles. The van der Waals surface area contributed by atoms with Gasteiger partial charge in [0.25, 0.3) is 15.6 Å². The van der Waals surface area contributed by atoms with Gasteiger partial charge in [0.05, 0.1) is 75.7 Å². The van der Waals surface area contributed by atoms with Crippen LogP contribution < -0.4 is 9.79 Å². The van der Waals surface area contributed by atoms with Gasteiger partial charge in [0.2, 0.25) is 0 Å². The van der Waals surface area contributed by atoms with E-state index in [1.807, 2.05) is 0 Å². The molecule has 4 unspecified atom stereocenters. The minimum atomic E-state index is -4.14. The molecule has 104 heavy (non-hydrogen) atoms. The van der Waals surface area contributed by atoms with Crippen LogP contribution in [-0.2, 0) is 27.2 Å². The monoisotopic (exact) mass is 1550 g/mol. The number of hydrogen-bond donors (Lipinski definition) is 0. The van der Waals surface area contributed by atoms with Crippen molar-refractivity contribution in [2.45, 2.75) is 495 Å². The van der Waals surface area contributed by atoms with Crippen molar-refractivity contribution in [1.29, 1.82) is 0 Å². The first-order valence-corrected chi connectivity index (χ1v) is 55.4. The summed E-state index contributed by atoms with van der Waals surface area (Å²) in [7, 11) is -9.86. The van der Waals surface area contributed by atoms with Gasteiger partial charge < -0.3 is 27.9 Å². The quantitative estimate of drug-likeness (QED) is 0.0437. The van der Waals surface area contributed by atoms with Crippen molar-refractivity contribution in [3.63, 3.8) is 0 Å². The van der Waals surface area contributed by atoms with Crippen LogP contribution >= 0.6 is 30.2 Å². The fourth-order valence-corrected chi connectivity index (χ4v) is 27.0. The van der Waals surface area contributed by atoms with E-state index in [1.54, 1.807) is 101 Å². The SMILES string of the molecule is CCCCC(CC)COP(=O)([O-])OCC(CC)CCCC.CCCCC(CC)COP(=O)([O-])OCC(CC)CCCC.CCCCCCCC[P+](CCCCCCCC)(CCCCCCCC)CCCCCCCCCCCC[P+](CCCCCCCC)(CCCCCCCC)CCCCCCCC. The van der Waals surface area contributed by atoms with Crippen molar-refractivity contribution >= 4 is 30.2 Å². The Morgan fingerprint density at radius 1 is 0.202 bits per heavy atom. The van der Waals surface area contributed by atoms with Crippen LogP contribution in [0.2, 0.25) is 0 Å². The summed E-state index contributed by atoms with van der Waals surface area (Å²) in [4.78, 5) is 23.6. The van der Waals surface area contributed by atoms with Gasteiger partial charge in [-0.3, -0.25) is 9.13 Å². The van der Waals surface area contributed by atoms with Gasteiger partial charge in [-0.25, -0.2) is 0 Å². The average Bonchev–Trinajstić information content (AvgIpc) is 0.939. The smallest absolute Gasteiger partial charge is 0.267 e. The predicted octanol–water partition coefficient (Wildman–Crippen LogP) is 32.9. The minimum absolute atomic E-state index is 0.253. The van der Waals surface area contributed by atoms with E-state index in [4.69, 9.17) is 18.1 Å². The molecule has 0 aromatic heterocycles. The molecule has 0 N–H and O–H groups in total. The third-order valence-electron chi connectivity index (χ3n) is 23.5. The van der Waals surface area contributed by atoms with E-state index in [0.717, 1.165) is 103 Å². The van der Waals surface area contributed by atoms with Crippen molar-refractivity contribution in [2.24, 2.45) is 23.7 Å². The molecular formula is C92H194O8P4. The molecule has 0 spiro atoms. The zero-order valence-electron chi connectivity index (χ0n) is 73.7. The fraction of sp³-hybridized carbons (Fsp3) is 1.00. The zero-order chi connectivity index (χ0) is 77.5. The van der Waals surface area contributed by atoms with E-state index in [9.17, 15) is 18.9 Å². The molecule has 0 heterocycles. The van der Waals surface area contributed by atoms with Crippen LogP contribution in [0.4, 0.5) is 0 Å². The number of rotatable bonds is 83. The number of unbranched alkanes of at least 4 members (excludes halogenated alkanes) is 43. The fourth-order valence-electron chi connectivity index (χ4n) is 15.5. The zero-order valence-corrected chi connectivity index (χ0v) is 77.3. The molecule has 4 atom stereocenters. The van der Waals surface area contributed by atoms with E-state index in [1.165, 1.54) is 244 Å². The normalized spacial score (nSPS) is 14.3. The maximum absolute atomic E-state index is 11.8. The van der Waals surface area contributed by atoms with E-state index in [0.29, 0.717) is 23.7 Å². The molecular weight excluding hydrogens is 1360 g/mol. The van der Waals surface area contributed by atoms with Gasteiger partial charge in [-0.2, -0.15) is 0 Å². The third kappa shape index (κ3) is 74.5. The first-order chi connectivity index (χ1) is 50.5. The standard InChI is InChI=1S/C60H126P2.2C16H35O4P/c1-7-13-19-25-37-45-53-61(54-46-38-26-20-14-8-2,55-47-39-27-21-15-9-3)59-51-43-35-33-31-32-34-36-44-52-60-62(56-48-40-28-22-16-10-4,57-49-41-29-23-17-11-5)58-50-42-30-24-18-12-6;2*1-5-9-11-15(7-3)13-19-21(17,18)20-14-16(8-4)12-10-6-2/h7-60H2,1-6H3;2*15-16H,5-14H2,1-4H3,(H,17,18)/q+2;;/p-2. The summed E-state index contributed by atoms with van der Waals surface area (Å²) in [6.07, 6.45) is 98.7. The van der Waals surface area contributed by atoms with Crippen LogP contribution in [0.3, 0.4) is 0 Å². The van der Waals surface area contributed by atoms with Gasteiger partial charge in [0.15, 0.2) is 0 Å². The molecule has 0 aromatic rings. The summed E-state index contributed by atoms with van der Waals surface area (Å²) in [6.45, 7) is 32.0. The van der Waals surface area contributed by atoms with Crippen LogP contribution in [0.5, 0.6) is 0 Å². The van der Waals surface area contributed by atoms with Crippen molar-refractivity contribution < 1.29 is 37.0 Å². The van der Waals surface area contributed by atoms with Crippen LogP contribution in [0.25, 0.3) is 0 Å². The van der Waals surface area contributed by atoms with Gasteiger partial charge in [-0.1, -0.05) is 367 Å². The first-order valence-electron chi connectivity index (χ1n) is 47.4. The van der Waals surface area contributed by atoms with Crippen molar-refractivity contribution in [3.05, 3.63) is 0 Å². The van der Waals surface area contributed by atoms with E-state index >= 15 is 0 Å². The highest BCUT2D eigenvalue weighted by Crippen LogP contribution is 2.63. The molecule has 0 bridgehead atoms. The summed E-state index contributed by atoms with van der Waals surface area (Å²) in [5.74, 6) is 1.21. The second kappa shape index (κ2) is 83.5. The lowest BCUT2D eigenvalue weighted by Crippen LogP contribution is -2.17. The Bertz CT molecular complexity index is 1490. The highest BCUT2D eigenvalue weighted by Gasteiger charge is 2.36. The lowest BCUT2D eigenvalue weighted by Gasteiger charge is -2.29. The summed E-state index contributed by atoms with van der Waals surface area (Å²) in [5.41, 5.74) is 0. The number of phosphoric acid groups is 2. The first kappa shape index (κ1) is 109. The maximum atomic E-state index is 11.8. The van der Waals surface area contributed by atoms with Gasteiger partial charge >= 0.3 is 0 Å². The lowest BCUT2D eigenvalue weighted by atomic mass is 10.0. The molecule has 0 radical (unpaired) electrons. The van der Waals surface area contributed by atoms with Gasteiger partial charge in [-0.15, -0.1) is 0 Å². The molecule has 0 aromatic carbocycles. The molecule has 12 heteroatoms. The lowest BCUT2D eigenvalue weighted by molar-refractivity contribution is -0.228. The predicted molar refractivity (Wildman–Crippen MR) is 471 cm³/mol. The summed E-state index contributed by atoms with van der Waals surface area (Å²) < 4.78 is 43.8. The molecule has 0 amide bonds. The number of hydrogen-bond acceptors (Lipinski definition) is 8. The Morgan fingerprint density at radius 2 is 0.327 bits per heavy atom. The topological polar surface area (TPSA) is 117 Å².